The van der Waals surface area contributed by atoms with Crippen LogP contribution in [-0.4, -0.2) is 55.0 Å². The monoisotopic (exact) mass is 493 g/mol. The van der Waals surface area contributed by atoms with Gasteiger partial charge in [-0.2, -0.15) is 0 Å². The number of likely N-dealkylation sites (N-methyl/N-ethyl adjacent to an activating group) is 1. The summed E-state index contributed by atoms with van der Waals surface area (Å²) in [5, 5.41) is 5.72. The van der Waals surface area contributed by atoms with Crippen LogP contribution < -0.4 is 20.1 Å². The van der Waals surface area contributed by atoms with Crippen molar-refractivity contribution in [2.45, 2.75) is 57.7 Å². The van der Waals surface area contributed by atoms with Crippen molar-refractivity contribution < 1.29 is 23.9 Å². The minimum Gasteiger partial charge on any atom is -0.493 e. The van der Waals surface area contributed by atoms with E-state index >= 15 is 0 Å². The number of hydrogen-bond donors (Lipinski definition) is 2. The second kappa shape index (κ2) is 11.9. The molecule has 0 radical (unpaired) electrons. The maximum absolute atomic E-state index is 13.4. The summed E-state index contributed by atoms with van der Waals surface area (Å²) in [6.45, 7) is 2.58. The molecule has 2 N–H and O–H groups in total. The molecular formula is C28H35N3O5. The van der Waals surface area contributed by atoms with Crippen LogP contribution in [0, 0.1) is 5.92 Å². The van der Waals surface area contributed by atoms with Crippen molar-refractivity contribution in [3.63, 3.8) is 0 Å². The summed E-state index contributed by atoms with van der Waals surface area (Å²) < 4.78 is 11.0. The summed E-state index contributed by atoms with van der Waals surface area (Å²) in [7, 11) is 1.53. The number of carbonyl (C=O) groups is 3. The van der Waals surface area contributed by atoms with Crippen LogP contribution in [0.3, 0.4) is 0 Å². The number of nitrogens with one attached hydrogen (secondary N) is 2. The Hall–Kier alpha value is -3.55. The molecule has 4 rings (SSSR count). The van der Waals surface area contributed by atoms with Gasteiger partial charge in [0.15, 0.2) is 18.1 Å². The Bertz CT molecular complexity index is 1070. The molecule has 2 aromatic carbocycles. The Labute approximate surface area is 212 Å². The van der Waals surface area contributed by atoms with Crippen LogP contribution in [0.4, 0.5) is 0 Å². The van der Waals surface area contributed by atoms with Crippen molar-refractivity contribution >= 4 is 17.7 Å². The maximum Gasteiger partial charge on any atom is 0.257 e. The first kappa shape index (κ1) is 25.5. The zero-order chi connectivity index (χ0) is 25.5. The predicted octanol–water partition coefficient (Wildman–Crippen LogP) is 3.30. The minimum absolute atomic E-state index is 0.0690. The molecule has 36 heavy (non-hydrogen) atoms. The van der Waals surface area contributed by atoms with Crippen LogP contribution in [0.2, 0.25) is 0 Å². The van der Waals surface area contributed by atoms with Gasteiger partial charge in [-0.05, 0) is 61.9 Å². The summed E-state index contributed by atoms with van der Waals surface area (Å²) >= 11 is 0. The van der Waals surface area contributed by atoms with E-state index in [1.807, 2.05) is 48.2 Å². The molecule has 1 aliphatic heterocycles. The highest BCUT2D eigenvalue weighted by molar-refractivity contribution is 5.98. The van der Waals surface area contributed by atoms with Gasteiger partial charge in [-0.25, -0.2) is 0 Å². The van der Waals surface area contributed by atoms with Gasteiger partial charge < -0.3 is 25.0 Å². The molecule has 3 unspecified atom stereocenters. The molecule has 1 aliphatic carbocycles. The minimum atomic E-state index is -0.479. The SMILES string of the molecule is CCNC(=O)COc1ccc(CNC(=O)C2CC3CCCCC3N2C(=O)c2ccccc2)cc1OC. The first-order valence-electron chi connectivity index (χ1n) is 12.7. The second-order valence-electron chi connectivity index (χ2n) is 9.39. The number of hydrogen-bond acceptors (Lipinski definition) is 5. The van der Waals surface area contributed by atoms with E-state index in [0.717, 1.165) is 31.2 Å². The van der Waals surface area contributed by atoms with E-state index in [2.05, 4.69) is 10.6 Å². The zero-order valence-corrected chi connectivity index (χ0v) is 21.0. The van der Waals surface area contributed by atoms with Gasteiger partial charge in [-0.1, -0.05) is 37.1 Å². The number of amides is 3. The standard InChI is InChI=1S/C28H35N3O5/c1-3-29-26(32)18-36-24-14-13-19(15-25(24)35-2)17-30-27(33)23-16-21-11-7-8-12-22(21)31(23)28(34)20-9-5-4-6-10-20/h4-6,9-10,13-15,21-23H,3,7-8,11-12,16-18H2,1-2H3,(H,29,32)(H,30,33). The summed E-state index contributed by atoms with van der Waals surface area (Å²) in [5.41, 5.74) is 1.45. The summed E-state index contributed by atoms with van der Waals surface area (Å²) in [6, 6.07) is 14.2. The highest BCUT2D eigenvalue weighted by atomic mass is 16.5. The smallest absolute Gasteiger partial charge is 0.257 e. The summed E-state index contributed by atoms with van der Waals surface area (Å²) in [5.74, 6) is 0.896. The van der Waals surface area contributed by atoms with Gasteiger partial charge >= 0.3 is 0 Å². The third kappa shape index (κ3) is 5.80. The van der Waals surface area contributed by atoms with Gasteiger partial charge in [0.1, 0.15) is 6.04 Å². The summed E-state index contributed by atoms with van der Waals surface area (Å²) in [4.78, 5) is 40.3. The molecule has 2 fully saturated rings. The molecule has 192 valence electrons. The van der Waals surface area contributed by atoms with Crippen LogP contribution in [0.5, 0.6) is 11.5 Å². The van der Waals surface area contributed by atoms with E-state index in [-0.39, 0.29) is 30.4 Å². The van der Waals surface area contributed by atoms with Crippen molar-refractivity contribution in [1.82, 2.24) is 15.5 Å². The Morgan fingerprint density at radius 2 is 1.78 bits per heavy atom. The highest BCUT2D eigenvalue weighted by Gasteiger charge is 2.47. The molecule has 2 aromatic rings. The van der Waals surface area contributed by atoms with Crippen molar-refractivity contribution in [3.05, 3.63) is 59.7 Å². The molecule has 2 aliphatic rings. The molecule has 3 amide bonds. The first-order valence-corrected chi connectivity index (χ1v) is 12.7. The molecule has 1 heterocycles. The van der Waals surface area contributed by atoms with E-state index in [1.54, 1.807) is 12.1 Å². The number of carbonyl (C=O) groups excluding carboxylic acids is 3. The molecule has 0 spiro atoms. The number of rotatable bonds is 9. The van der Waals surface area contributed by atoms with Gasteiger partial charge in [0, 0.05) is 24.7 Å². The average Bonchev–Trinajstić information content (AvgIpc) is 3.30. The van der Waals surface area contributed by atoms with Crippen LogP contribution in [-0.2, 0) is 16.1 Å². The van der Waals surface area contributed by atoms with Crippen molar-refractivity contribution in [3.8, 4) is 11.5 Å². The molecule has 1 saturated heterocycles. The number of methoxy groups -OCH3 is 1. The topological polar surface area (TPSA) is 97.0 Å². The quantitative estimate of drug-likeness (QED) is 0.559. The molecule has 8 heteroatoms. The van der Waals surface area contributed by atoms with Gasteiger partial charge in [-0.15, -0.1) is 0 Å². The molecule has 0 aromatic heterocycles. The van der Waals surface area contributed by atoms with E-state index in [0.29, 0.717) is 42.5 Å². The van der Waals surface area contributed by atoms with E-state index in [9.17, 15) is 14.4 Å². The summed E-state index contributed by atoms with van der Waals surface area (Å²) in [6.07, 6.45) is 4.94. The zero-order valence-electron chi connectivity index (χ0n) is 21.0. The van der Waals surface area contributed by atoms with Crippen LogP contribution >= 0.6 is 0 Å². The largest absolute Gasteiger partial charge is 0.493 e. The second-order valence-corrected chi connectivity index (χ2v) is 9.39. The Morgan fingerprint density at radius 1 is 1.00 bits per heavy atom. The molecule has 8 nitrogen and oxygen atoms in total. The van der Waals surface area contributed by atoms with Crippen molar-refractivity contribution in [2.24, 2.45) is 5.92 Å². The normalized spacial score (nSPS) is 20.8. The third-order valence-corrected chi connectivity index (χ3v) is 7.07. The molecular weight excluding hydrogens is 458 g/mol. The third-order valence-electron chi connectivity index (χ3n) is 7.07. The Balaban J connectivity index is 1.43. The fraction of sp³-hybridized carbons (Fsp3) is 0.464. The van der Waals surface area contributed by atoms with Crippen LogP contribution in [0.1, 0.15) is 54.9 Å². The van der Waals surface area contributed by atoms with Gasteiger partial charge in [0.05, 0.1) is 7.11 Å². The average molecular weight is 494 g/mol. The highest BCUT2D eigenvalue weighted by Crippen LogP contribution is 2.40. The number of likely N-dealkylation sites (tertiary alicyclic amines) is 1. The van der Waals surface area contributed by atoms with Gasteiger partial charge in [0.2, 0.25) is 5.91 Å². The Kier molecular flexibility index (Phi) is 8.46. The van der Waals surface area contributed by atoms with E-state index in [4.69, 9.17) is 9.47 Å². The van der Waals surface area contributed by atoms with Gasteiger partial charge in [-0.3, -0.25) is 14.4 Å². The lowest BCUT2D eigenvalue weighted by molar-refractivity contribution is -0.125. The Morgan fingerprint density at radius 3 is 2.53 bits per heavy atom. The number of ether oxygens (including phenoxy) is 2. The lowest BCUT2D eigenvalue weighted by atomic mass is 9.84. The fourth-order valence-electron chi connectivity index (χ4n) is 5.36. The lowest BCUT2D eigenvalue weighted by Crippen LogP contribution is -2.49. The van der Waals surface area contributed by atoms with Crippen LogP contribution in [0.25, 0.3) is 0 Å². The van der Waals surface area contributed by atoms with Crippen LogP contribution in [0.15, 0.2) is 48.5 Å². The van der Waals surface area contributed by atoms with Crippen molar-refractivity contribution in [2.75, 3.05) is 20.3 Å². The lowest BCUT2D eigenvalue weighted by Gasteiger charge is -2.33. The van der Waals surface area contributed by atoms with E-state index in [1.165, 1.54) is 7.11 Å². The number of nitrogens with zero attached hydrogens (tertiary/aromatic N) is 1. The number of fused-ring (bicyclic) bond motifs is 1. The molecule has 1 saturated carbocycles. The fourth-order valence-corrected chi connectivity index (χ4v) is 5.36. The number of benzene rings is 2. The maximum atomic E-state index is 13.4. The molecule has 0 bridgehead atoms. The molecule has 3 atom stereocenters. The van der Waals surface area contributed by atoms with Crippen molar-refractivity contribution in [1.29, 1.82) is 0 Å². The predicted molar refractivity (Wildman–Crippen MR) is 136 cm³/mol. The first-order chi connectivity index (χ1) is 17.5. The van der Waals surface area contributed by atoms with E-state index < -0.39 is 6.04 Å². The van der Waals surface area contributed by atoms with Gasteiger partial charge in [0.25, 0.3) is 11.8 Å².